The molecule has 2 atom stereocenters. The number of nitrogens with two attached hydrogens (primary N) is 1. The normalized spacial score (nSPS) is 13.3. The van der Waals surface area contributed by atoms with Gasteiger partial charge in [-0.1, -0.05) is 32.4 Å². The summed E-state index contributed by atoms with van der Waals surface area (Å²) >= 11 is 0. The van der Waals surface area contributed by atoms with Gasteiger partial charge >= 0.3 is 0 Å². The van der Waals surface area contributed by atoms with E-state index in [1.807, 2.05) is 13.8 Å². The molecule has 0 aliphatic heterocycles. The van der Waals surface area contributed by atoms with Gasteiger partial charge in [0, 0.05) is 13.6 Å². The lowest BCUT2D eigenvalue weighted by molar-refractivity contribution is -0.132. The van der Waals surface area contributed by atoms with Crippen molar-refractivity contribution < 1.29 is 9.18 Å². The van der Waals surface area contributed by atoms with Gasteiger partial charge in [-0.2, -0.15) is 0 Å². The average Bonchev–Trinajstić information content (AvgIpc) is 2.36. The first-order valence-corrected chi connectivity index (χ1v) is 6.20. The van der Waals surface area contributed by atoms with Crippen LogP contribution in [0.3, 0.4) is 0 Å². The second-order valence-corrected chi connectivity index (χ2v) is 4.74. The maximum atomic E-state index is 13.0. The standard InChI is InChI=1S/C14H21FN2O.ClH/c1-4-10(2)13(16)14(18)17(3)9-11-6-5-7-12(15)8-11;/h5-8,10,13H,4,9,16H2,1-3H3;1H. The molecule has 0 saturated heterocycles. The highest BCUT2D eigenvalue weighted by molar-refractivity contribution is 5.85. The van der Waals surface area contributed by atoms with Crippen molar-refractivity contribution in [2.24, 2.45) is 11.7 Å². The van der Waals surface area contributed by atoms with Crippen molar-refractivity contribution in [2.75, 3.05) is 7.05 Å². The minimum atomic E-state index is -0.492. The number of benzene rings is 1. The Balaban J connectivity index is 0.00000324. The molecule has 0 radical (unpaired) electrons. The fraction of sp³-hybridized carbons (Fsp3) is 0.500. The molecule has 0 bridgehead atoms. The summed E-state index contributed by atoms with van der Waals surface area (Å²) in [5.74, 6) is -0.249. The van der Waals surface area contributed by atoms with Crippen molar-refractivity contribution >= 4 is 18.3 Å². The number of nitrogens with zero attached hydrogens (tertiary/aromatic N) is 1. The van der Waals surface area contributed by atoms with Crippen molar-refractivity contribution in [3.8, 4) is 0 Å². The van der Waals surface area contributed by atoms with E-state index in [0.29, 0.717) is 6.54 Å². The van der Waals surface area contributed by atoms with Gasteiger partial charge in [-0.05, 0) is 23.6 Å². The van der Waals surface area contributed by atoms with Crippen LogP contribution in [0.5, 0.6) is 0 Å². The third-order valence-electron chi connectivity index (χ3n) is 3.23. The van der Waals surface area contributed by atoms with Crippen LogP contribution in [0.15, 0.2) is 24.3 Å². The first kappa shape index (κ1) is 17.9. The quantitative estimate of drug-likeness (QED) is 0.905. The van der Waals surface area contributed by atoms with Crippen molar-refractivity contribution in [3.63, 3.8) is 0 Å². The number of amides is 1. The van der Waals surface area contributed by atoms with E-state index in [2.05, 4.69) is 0 Å². The summed E-state index contributed by atoms with van der Waals surface area (Å²) < 4.78 is 13.0. The van der Waals surface area contributed by atoms with Crippen LogP contribution in [0, 0.1) is 11.7 Å². The summed E-state index contributed by atoms with van der Waals surface area (Å²) in [5, 5.41) is 0. The van der Waals surface area contributed by atoms with Crippen molar-refractivity contribution in [2.45, 2.75) is 32.9 Å². The number of hydrogen-bond acceptors (Lipinski definition) is 2. The van der Waals surface area contributed by atoms with Gasteiger partial charge < -0.3 is 10.6 Å². The molecule has 1 aromatic rings. The van der Waals surface area contributed by atoms with Gasteiger partial charge in [0.15, 0.2) is 0 Å². The predicted molar refractivity (Wildman–Crippen MR) is 77.6 cm³/mol. The minimum Gasteiger partial charge on any atom is -0.340 e. The smallest absolute Gasteiger partial charge is 0.239 e. The molecule has 0 spiro atoms. The zero-order valence-electron chi connectivity index (χ0n) is 11.6. The van der Waals surface area contributed by atoms with Crippen LogP contribution in [0.25, 0.3) is 0 Å². The molecule has 3 nitrogen and oxygen atoms in total. The summed E-state index contributed by atoms with van der Waals surface area (Å²) in [4.78, 5) is 13.6. The summed E-state index contributed by atoms with van der Waals surface area (Å²) in [6, 6.07) is 5.75. The molecule has 2 N–H and O–H groups in total. The molecule has 0 aliphatic carbocycles. The molecule has 0 aromatic heterocycles. The fourth-order valence-electron chi connectivity index (χ4n) is 1.74. The molecule has 1 aromatic carbocycles. The molecule has 19 heavy (non-hydrogen) atoms. The molecule has 5 heteroatoms. The summed E-state index contributed by atoms with van der Waals surface area (Å²) in [6.45, 7) is 4.34. The second-order valence-electron chi connectivity index (χ2n) is 4.74. The molecule has 0 saturated carbocycles. The Morgan fingerprint density at radius 3 is 2.63 bits per heavy atom. The van der Waals surface area contributed by atoms with Gasteiger partial charge in [-0.15, -0.1) is 12.4 Å². The van der Waals surface area contributed by atoms with E-state index in [1.54, 1.807) is 24.1 Å². The zero-order chi connectivity index (χ0) is 13.7. The zero-order valence-corrected chi connectivity index (χ0v) is 12.4. The van der Waals surface area contributed by atoms with Gasteiger partial charge in [0.2, 0.25) is 5.91 Å². The van der Waals surface area contributed by atoms with Crippen molar-refractivity contribution in [3.05, 3.63) is 35.6 Å². The van der Waals surface area contributed by atoms with Gasteiger partial charge in [0.05, 0.1) is 6.04 Å². The number of hydrogen-bond donors (Lipinski definition) is 1. The van der Waals surface area contributed by atoms with Crippen molar-refractivity contribution in [1.29, 1.82) is 0 Å². The number of carbonyl (C=O) groups is 1. The molecular formula is C14H22ClFN2O. The monoisotopic (exact) mass is 288 g/mol. The topological polar surface area (TPSA) is 46.3 Å². The summed E-state index contributed by atoms with van der Waals surface area (Å²) in [7, 11) is 1.69. The van der Waals surface area contributed by atoms with Gasteiger partial charge in [0.25, 0.3) is 0 Å². The largest absolute Gasteiger partial charge is 0.340 e. The van der Waals surface area contributed by atoms with E-state index in [9.17, 15) is 9.18 Å². The SMILES string of the molecule is CCC(C)C(N)C(=O)N(C)Cc1cccc(F)c1.Cl. The third kappa shape index (κ3) is 5.17. The lowest BCUT2D eigenvalue weighted by Crippen LogP contribution is -2.45. The van der Waals surface area contributed by atoms with E-state index in [0.717, 1.165) is 12.0 Å². The number of halogens is 2. The second kappa shape index (κ2) is 8.12. The lowest BCUT2D eigenvalue weighted by Gasteiger charge is -2.24. The lowest BCUT2D eigenvalue weighted by atomic mass is 9.99. The fourth-order valence-corrected chi connectivity index (χ4v) is 1.74. The van der Waals surface area contributed by atoms with Crippen LogP contribution in [-0.4, -0.2) is 23.9 Å². The third-order valence-corrected chi connectivity index (χ3v) is 3.23. The van der Waals surface area contributed by atoms with Crippen LogP contribution in [-0.2, 0) is 11.3 Å². The molecule has 2 unspecified atom stereocenters. The maximum Gasteiger partial charge on any atom is 0.239 e. The highest BCUT2D eigenvalue weighted by Gasteiger charge is 2.22. The van der Waals surface area contributed by atoms with Crippen molar-refractivity contribution in [1.82, 2.24) is 4.90 Å². The molecule has 0 aliphatic rings. The molecule has 0 heterocycles. The molecule has 1 rings (SSSR count). The van der Waals surface area contributed by atoms with E-state index < -0.39 is 6.04 Å². The molecule has 1 amide bonds. The van der Waals surface area contributed by atoms with Gasteiger partial charge in [-0.3, -0.25) is 4.79 Å². The highest BCUT2D eigenvalue weighted by atomic mass is 35.5. The minimum absolute atomic E-state index is 0. The van der Waals surface area contributed by atoms with Crippen LogP contribution in [0.2, 0.25) is 0 Å². The van der Waals surface area contributed by atoms with Crippen LogP contribution < -0.4 is 5.73 Å². The molecule has 108 valence electrons. The summed E-state index contributed by atoms with van der Waals surface area (Å²) in [5.41, 5.74) is 6.66. The van der Waals surface area contributed by atoms with Crippen LogP contribution in [0.4, 0.5) is 4.39 Å². The first-order chi connectivity index (χ1) is 8.45. The van der Waals surface area contributed by atoms with E-state index in [1.165, 1.54) is 12.1 Å². The van der Waals surface area contributed by atoms with Gasteiger partial charge in [0.1, 0.15) is 5.82 Å². The Labute approximate surface area is 120 Å². The predicted octanol–water partition coefficient (Wildman–Crippen LogP) is 2.58. The van der Waals surface area contributed by atoms with E-state index >= 15 is 0 Å². The Kier molecular flexibility index (Phi) is 7.64. The number of carbonyl (C=O) groups excluding carboxylic acids is 1. The maximum absolute atomic E-state index is 13.0. The molecule has 0 fully saturated rings. The average molecular weight is 289 g/mol. The van der Waals surface area contributed by atoms with Crippen LogP contribution in [0.1, 0.15) is 25.8 Å². The van der Waals surface area contributed by atoms with Crippen LogP contribution >= 0.6 is 12.4 Å². The number of rotatable bonds is 5. The Hall–Kier alpha value is -1.13. The summed E-state index contributed by atoms with van der Waals surface area (Å²) in [6.07, 6.45) is 0.862. The van der Waals surface area contributed by atoms with E-state index in [-0.39, 0.29) is 30.0 Å². The Morgan fingerprint density at radius 2 is 2.11 bits per heavy atom. The first-order valence-electron chi connectivity index (χ1n) is 6.20. The van der Waals surface area contributed by atoms with Gasteiger partial charge in [-0.25, -0.2) is 4.39 Å². The highest BCUT2D eigenvalue weighted by Crippen LogP contribution is 2.11. The Bertz CT molecular complexity index is 414. The van der Waals surface area contributed by atoms with E-state index in [4.69, 9.17) is 5.73 Å². The number of likely N-dealkylation sites (N-methyl/N-ethyl adjacent to an activating group) is 1. The Morgan fingerprint density at radius 1 is 1.47 bits per heavy atom. The molecular weight excluding hydrogens is 267 g/mol.